The molecule has 4 nitrogen and oxygen atoms in total. The highest BCUT2D eigenvalue weighted by Crippen LogP contribution is 2.41. The Hall–Kier alpha value is -2.57. The Morgan fingerprint density at radius 2 is 2.04 bits per heavy atom. The first-order chi connectivity index (χ1) is 12.5. The minimum Gasteiger partial charge on any atom is -0.369 e. The lowest BCUT2D eigenvalue weighted by Gasteiger charge is -2.40. The fourth-order valence-electron chi connectivity index (χ4n) is 3.25. The molecule has 0 saturated carbocycles. The van der Waals surface area contributed by atoms with Crippen molar-refractivity contribution in [3.05, 3.63) is 59.4 Å². The number of hydrogen-bond donors (Lipinski definition) is 1. The van der Waals surface area contributed by atoms with E-state index in [2.05, 4.69) is 4.99 Å². The van der Waals surface area contributed by atoms with Crippen molar-refractivity contribution >= 4 is 11.9 Å². The Morgan fingerprint density at radius 1 is 1.41 bits per heavy atom. The number of hydrogen-bond acceptors (Lipinski definition) is 3. The summed E-state index contributed by atoms with van der Waals surface area (Å²) in [4.78, 5) is 18.4. The molecule has 0 aromatic heterocycles. The molecule has 0 aliphatic carbocycles. The Labute approximate surface area is 157 Å². The Balaban J connectivity index is 2.45. The lowest BCUT2D eigenvalue weighted by atomic mass is 9.76. The standard InChI is InChI=1S/C20H24F3N3O/c1-5-13(20(3,22)23)9-8-11-15-17(27)26(4)18(24)25-19(15,2)14-10-6-7-12-16(14)21/h5-10,12,15H,11H2,1-4H3,(H2,24,25). The number of allylic oxidation sites excluding steroid dienone is 4. The van der Waals surface area contributed by atoms with Gasteiger partial charge in [0.05, 0.1) is 5.92 Å². The van der Waals surface area contributed by atoms with E-state index in [1.807, 2.05) is 0 Å². The van der Waals surface area contributed by atoms with Gasteiger partial charge in [0.25, 0.3) is 5.92 Å². The van der Waals surface area contributed by atoms with Crippen molar-refractivity contribution < 1.29 is 18.0 Å². The van der Waals surface area contributed by atoms with Gasteiger partial charge >= 0.3 is 0 Å². The molecule has 0 fully saturated rings. The summed E-state index contributed by atoms with van der Waals surface area (Å²) in [6, 6.07) is 6.04. The molecule has 1 aliphatic rings. The number of carbonyl (C=O) groups is 1. The molecule has 0 saturated heterocycles. The molecular weight excluding hydrogens is 355 g/mol. The van der Waals surface area contributed by atoms with Gasteiger partial charge in [0.1, 0.15) is 11.4 Å². The van der Waals surface area contributed by atoms with Gasteiger partial charge in [-0.1, -0.05) is 36.4 Å². The van der Waals surface area contributed by atoms with Crippen molar-refractivity contribution in [3.63, 3.8) is 0 Å². The first-order valence-corrected chi connectivity index (χ1v) is 8.61. The summed E-state index contributed by atoms with van der Waals surface area (Å²) in [5.41, 5.74) is 4.69. The first kappa shape index (κ1) is 20.7. The molecule has 2 unspecified atom stereocenters. The van der Waals surface area contributed by atoms with E-state index in [0.717, 1.165) is 6.92 Å². The molecule has 0 bridgehead atoms. The highest BCUT2D eigenvalue weighted by molar-refractivity contribution is 6.00. The second kappa shape index (κ2) is 7.58. The number of nitrogens with zero attached hydrogens (tertiary/aromatic N) is 2. The van der Waals surface area contributed by atoms with Crippen molar-refractivity contribution in [3.8, 4) is 0 Å². The van der Waals surface area contributed by atoms with E-state index >= 15 is 0 Å². The molecule has 1 amide bonds. The fourth-order valence-corrected chi connectivity index (χ4v) is 3.25. The van der Waals surface area contributed by atoms with Gasteiger partial charge < -0.3 is 5.73 Å². The van der Waals surface area contributed by atoms with E-state index in [0.29, 0.717) is 0 Å². The van der Waals surface area contributed by atoms with Crippen molar-refractivity contribution in [2.45, 2.75) is 38.7 Å². The average molecular weight is 379 g/mol. The largest absolute Gasteiger partial charge is 0.369 e. The predicted octanol–water partition coefficient (Wildman–Crippen LogP) is 3.99. The third kappa shape index (κ3) is 4.07. The van der Waals surface area contributed by atoms with Gasteiger partial charge in [-0.25, -0.2) is 18.2 Å². The molecule has 146 valence electrons. The lowest BCUT2D eigenvalue weighted by molar-refractivity contribution is -0.134. The second-order valence-electron chi connectivity index (χ2n) is 6.82. The van der Waals surface area contributed by atoms with Crippen LogP contribution in [-0.2, 0) is 10.3 Å². The zero-order chi connectivity index (χ0) is 20.4. The molecule has 0 spiro atoms. The van der Waals surface area contributed by atoms with Gasteiger partial charge in [-0.3, -0.25) is 9.69 Å². The van der Waals surface area contributed by atoms with Crippen LogP contribution in [-0.4, -0.2) is 29.7 Å². The van der Waals surface area contributed by atoms with Gasteiger partial charge in [0.15, 0.2) is 5.96 Å². The number of amides is 1. The predicted molar refractivity (Wildman–Crippen MR) is 99.8 cm³/mol. The number of nitrogens with two attached hydrogens (primary N) is 1. The second-order valence-corrected chi connectivity index (χ2v) is 6.82. The summed E-state index contributed by atoms with van der Waals surface area (Å²) in [7, 11) is 1.48. The van der Waals surface area contributed by atoms with Crippen LogP contribution in [0.5, 0.6) is 0 Å². The van der Waals surface area contributed by atoms with Crippen molar-refractivity contribution in [2.75, 3.05) is 7.05 Å². The van der Waals surface area contributed by atoms with Crippen LogP contribution in [0.3, 0.4) is 0 Å². The zero-order valence-electron chi connectivity index (χ0n) is 15.8. The van der Waals surface area contributed by atoms with Crippen LogP contribution in [0.15, 0.2) is 53.1 Å². The van der Waals surface area contributed by atoms with E-state index < -0.39 is 23.2 Å². The molecule has 2 atom stereocenters. The van der Waals surface area contributed by atoms with Crippen LogP contribution in [0.4, 0.5) is 13.2 Å². The van der Waals surface area contributed by atoms with Crippen molar-refractivity contribution in [1.29, 1.82) is 0 Å². The minimum atomic E-state index is -2.99. The Morgan fingerprint density at radius 3 is 2.59 bits per heavy atom. The molecule has 7 heteroatoms. The van der Waals surface area contributed by atoms with Crippen LogP contribution < -0.4 is 5.73 Å². The van der Waals surface area contributed by atoms with E-state index in [-0.39, 0.29) is 29.4 Å². The number of carbonyl (C=O) groups excluding carboxylic acids is 1. The van der Waals surface area contributed by atoms with E-state index in [4.69, 9.17) is 5.73 Å². The van der Waals surface area contributed by atoms with Crippen molar-refractivity contribution in [1.82, 2.24) is 4.90 Å². The topological polar surface area (TPSA) is 58.7 Å². The molecular formula is C20H24F3N3O. The van der Waals surface area contributed by atoms with E-state index in [1.165, 1.54) is 43.2 Å². The summed E-state index contributed by atoms with van der Waals surface area (Å²) in [6.07, 6.45) is 4.21. The number of rotatable bonds is 5. The number of guanidine groups is 1. The molecule has 27 heavy (non-hydrogen) atoms. The molecule has 2 N–H and O–H groups in total. The van der Waals surface area contributed by atoms with E-state index in [9.17, 15) is 18.0 Å². The highest BCUT2D eigenvalue weighted by Gasteiger charge is 2.46. The van der Waals surface area contributed by atoms with Crippen molar-refractivity contribution in [2.24, 2.45) is 16.6 Å². The third-order valence-electron chi connectivity index (χ3n) is 4.90. The molecule has 1 aliphatic heterocycles. The number of aliphatic imine (C=N–C) groups is 1. The average Bonchev–Trinajstić information content (AvgIpc) is 2.58. The number of halogens is 3. The quantitative estimate of drug-likeness (QED) is 0.787. The number of alkyl halides is 2. The van der Waals surface area contributed by atoms with E-state index in [1.54, 1.807) is 25.1 Å². The third-order valence-corrected chi connectivity index (χ3v) is 4.90. The molecule has 1 aromatic carbocycles. The summed E-state index contributed by atoms with van der Waals surface area (Å²) < 4.78 is 41.5. The smallest absolute Gasteiger partial charge is 0.270 e. The van der Waals surface area contributed by atoms with Crippen LogP contribution in [0.1, 0.15) is 32.8 Å². The summed E-state index contributed by atoms with van der Waals surface area (Å²) in [6.45, 7) is 3.96. The Kier molecular flexibility index (Phi) is 5.82. The van der Waals surface area contributed by atoms with Gasteiger partial charge in [0, 0.05) is 25.1 Å². The zero-order valence-corrected chi connectivity index (χ0v) is 15.8. The monoisotopic (exact) mass is 379 g/mol. The van der Waals surface area contributed by atoms with Gasteiger partial charge in [-0.2, -0.15) is 0 Å². The first-order valence-electron chi connectivity index (χ1n) is 8.61. The highest BCUT2D eigenvalue weighted by atomic mass is 19.3. The molecule has 1 aromatic rings. The Bertz CT molecular complexity index is 811. The fraction of sp³-hybridized carbons (Fsp3) is 0.400. The van der Waals surface area contributed by atoms with Crippen LogP contribution >= 0.6 is 0 Å². The minimum absolute atomic E-state index is 0.0137. The van der Waals surface area contributed by atoms with Gasteiger partial charge in [-0.05, 0) is 26.3 Å². The van der Waals surface area contributed by atoms with Gasteiger partial charge in [-0.15, -0.1) is 0 Å². The number of benzene rings is 1. The molecule has 2 rings (SSSR count). The SMILES string of the molecule is CC=C(C=CCC1C(=O)N(C)C(N)=NC1(C)c1ccccc1F)C(C)(F)F. The lowest BCUT2D eigenvalue weighted by Crippen LogP contribution is -2.53. The normalized spacial score (nSPS) is 24.5. The van der Waals surface area contributed by atoms with Crippen LogP contribution in [0.25, 0.3) is 0 Å². The summed E-state index contributed by atoms with van der Waals surface area (Å²) >= 11 is 0. The van der Waals surface area contributed by atoms with Crippen LogP contribution in [0.2, 0.25) is 0 Å². The van der Waals surface area contributed by atoms with Crippen LogP contribution in [0, 0.1) is 11.7 Å². The molecule has 1 heterocycles. The maximum Gasteiger partial charge on any atom is 0.270 e. The molecule has 0 radical (unpaired) electrons. The summed E-state index contributed by atoms with van der Waals surface area (Å²) in [5.74, 6) is -4.64. The maximum atomic E-state index is 14.4. The summed E-state index contributed by atoms with van der Waals surface area (Å²) in [5, 5.41) is 0. The van der Waals surface area contributed by atoms with Gasteiger partial charge in [0.2, 0.25) is 5.91 Å². The maximum absolute atomic E-state index is 14.4.